The highest BCUT2D eigenvalue weighted by Crippen LogP contribution is 2.08. The minimum absolute atomic E-state index is 0.262. The fourth-order valence-electron chi connectivity index (χ4n) is 1.82. The first kappa shape index (κ1) is 15.0. The van der Waals surface area contributed by atoms with Gasteiger partial charge in [-0.3, -0.25) is 4.79 Å². The van der Waals surface area contributed by atoms with Crippen LogP contribution in [0.25, 0.3) is 0 Å². The first-order valence-corrected chi connectivity index (χ1v) is 7.04. The van der Waals surface area contributed by atoms with Crippen molar-refractivity contribution in [3.05, 3.63) is 42.2 Å². The van der Waals surface area contributed by atoms with Crippen LogP contribution >= 0.6 is 0 Å². The normalized spacial score (nSPS) is 10.4. The largest absolute Gasteiger partial charge is 0.467 e. The Hall–Kier alpha value is -2.37. The average Bonchev–Trinajstić information content (AvgIpc) is 3.04. The van der Waals surface area contributed by atoms with Gasteiger partial charge in [0.25, 0.3) is 5.91 Å². The molecule has 0 aromatic carbocycles. The lowest BCUT2D eigenvalue weighted by Crippen LogP contribution is -2.25. The fourth-order valence-corrected chi connectivity index (χ4v) is 1.82. The van der Waals surface area contributed by atoms with Gasteiger partial charge < -0.3 is 14.6 Å². The van der Waals surface area contributed by atoms with Gasteiger partial charge in [-0.25, -0.2) is 9.97 Å². The van der Waals surface area contributed by atoms with Crippen molar-refractivity contribution < 1.29 is 9.21 Å². The van der Waals surface area contributed by atoms with Gasteiger partial charge in [-0.2, -0.15) is 0 Å². The van der Waals surface area contributed by atoms with Crippen LogP contribution in [0.3, 0.4) is 0 Å². The number of amides is 1. The molecular weight excluding hydrogens is 268 g/mol. The highest BCUT2D eigenvalue weighted by atomic mass is 16.3. The Morgan fingerprint density at radius 1 is 1.38 bits per heavy atom. The second kappa shape index (κ2) is 7.42. The molecule has 2 aromatic heterocycles. The third-order valence-electron chi connectivity index (χ3n) is 3.11. The Bertz CT molecular complexity index is 552. The summed E-state index contributed by atoms with van der Waals surface area (Å²) in [6.07, 6.45) is 6.92. The topological polar surface area (TPSA) is 71.3 Å². The van der Waals surface area contributed by atoms with E-state index in [1.165, 1.54) is 6.20 Å². The quantitative estimate of drug-likeness (QED) is 0.846. The molecular formula is C15H20N4O2. The van der Waals surface area contributed by atoms with Crippen molar-refractivity contribution in [2.24, 2.45) is 0 Å². The summed E-state index contributed by atoms with van der Waals surface area (Å²) in [5.74, 6) is 1.21. The van der Waals surface area contributed by atoms with E-state index in [1.54, 1.807) is 24.6 Å². The maximum atomic E-state index is 11.9. The van der Waals surface area contributed by atoms with E-state index >= 15 is 0 Å². The lowest BCUT2D eigenvalue weighted by molar-refractivity contribution is 0.0942. The van der Waals surface area contributed by atoms with Crippen LogP contribution in [-0.4, -0.2) is 29.5 Å². The summed E-state index contributed by atoms with van der Waals surface area (Å²) in [5, 5.41) is 2.74. The van der Waals surface area contributed by atoms with Gasteiger partial charge in [0, 0.05) is 13.6 Å². The van der Waals surface area contributed by atoms with Gasteiger partial charge in [-0.05, 0) is 18.6 Å². The van der Waals surface area contributed by atoms with Crippen LogP contribution in [0.2, 0.25) is 0 Å². The van der Waals surface area contributed by atoms with Gasteiger partial charge in [-0.15, -0.1) is 0 Å². The number of furan rings is 1. The Balaban J connectivity index is 1.90. The van der Waals surface area contributed by atoms with Gasteiger partial charge in [0.05, 0.1) is 25.2 Å². The van der Waals surface area contributed by atoms with Crippen LogP contribution in [0.4, 0.5) is 5.82 Å². The Labute approximate surface area is 124 Å². The van der Waals surface area contributed by atoms with Crippen molar-refractivity contribution in [3.63, 3.8) is 0 Å². The zero-order chi connectivity index (χ0) is 15.1. The number of carbonyl (C=O) groups is 1. The van der Waals surface area contributed by atoms with Crippen LogP contribution in [0, 0.1) is 0 Å². The van der Waals surface area contributed by atoms with Crippen molar-refractivity contribution in [3.8, 4) is 0 Å². The molecule has 112 valence electrons. The van der Waals surface area contributed by atoms with E-state index < -0.39 is 0 Å². The summed E-state index contributed by atoms with van der Waals surface area (Å²) in [6.45, 7) is 3.41. The van der Waals surface area contributed by atoms with Crippen LogP contribution in [0.15, 0.2) is 35.2 Å². The van der Waals surface area contributed by atoms with Gasteiger partial charge in [0.1, 0.15) is 17.3 Å². The Morgan fingerprint density at radius 2 is 2.24 bits per heavy atom. The van der Waals surface area contributed by atoms with E-state index in [4.69, 9.17) is 4.42 Å². The Kier molecular flexibility index (Phi) is 5.31. The van der Waals surface area contributed by atoms with Crippen LogP contribution in [0.1, 0.15) is 36.0 Å². The second-order valence-electron chi connectivity index (χ2n) is 4.80. The molecule has 0 bridgehead atoms. The molecule has 6 heteroatoms. The van der Waals surface area contributed by atoms with E-state index in [9.17, 15) is 4.79 Å². The van der Waals surface area contributed by atoms with Crippen molar-refractivity contribution in [1.82, 2.24) is 15.3 Å². The molecule has 6 nitrogen and oxygen atoms in total. The first-order valence-electron chi connectivity index (χ1n) is 7.04. The fraction of sp³-hybridized carbons (Fsp3) is 0.400. The number of aromatic nitrogens is 2. The average molecular weight is 288 g/mol. The van der Waals surface area contributed by atoms with Gasteiger partial charge in [0.2, 0.25) is 0 Å². The van der Waals surface area contributed by atoms with Crippen molar-refractivity contribution in [2.45, 2.75) is 26.3 Å². The minimum atomic E-state index is -0.262. The number of anilines is 1. The molecule has 2 aromatic rings. The highest BCUT2D eigenvalue weighted by Gasteiger charge is 2.09. The molecule has 0 aliphatic heterocycles. The molecule has 0 atom stereocenters. The summed E-state index contributed by atoms with van der Waals surface area (Å²) in [7, 11) is 1.97. The summed E-state index contributed by atoms with van der Waals surface area (Å²) in [5.41, 5.74) is 0.300. The van der Waals surface area contributed by atoms with Gasteiger partial charge >= 0.3 is 0 Å². The summed E-state index contributed by atoms with van der Waals surface area (Å²) in [4.78, 5) is 22.4. The number of unbranched alkanes of at least 4 members (excludes halogenated alkanes) is 1. The number of hydrogen-bond acceptors (Lipinski definition) is 5. The first-order chi connectivity index (χ1) is 10.2. The third kappa shape index (κ3) is 4.30. The predicted octanol–water partition coefficient (Wildman–Crippen LogP) is 2.24. The summed E-state index contributed by atoms with van der Waals surface area (Å²) >= 11 is 0. The van der Waals surface area contributed by atoms with E-state index in [2.05, 4.69) is 22.2 Å². The molecule has 0 spiro atoms. The molecule has 0 saturated heterocycles. The Morgan fingerprint density at radius 3 is 2.86 bits per heavy atom. The van der Waals surface area contributed by atoms with Crippen LogP contribution in [0.5, 0.6) is 0 Å². The standard InChI is InChI=1S/C15H20N4O2/c1-3-4-7-19(2)14-11-16-13(10-17-14)15(20)18-9-12-6-5-8-21-12/h5-6,8,10-11H,3-4,7,9H2,1-2H3,(H,18,20). The van der Waals surface area contributed by atoms with Gasteiger partial charge in [0.15, 0.2) is 0 Å². The zero-order valence-electron chi connectivity index (χ0n) is 12.4. The maximum absolute atomic E-state index is 11.9. The SMILES string of the molecule is CCCCN(C)c1cnc(C(=O)NCc2ccco2)cn1. The van der Waals surface area contributed by atoms with Crippen molar-refractivity contribution in [2.75, 3.05) is 18.5 Å². The summed E-state index contributed by atoms with van der Waals surface area (Å²) in [6, 6.07) is 3.58. The minimum Gasteiger partial charge on any atom is -0.467 e. The maximum Gasteiger partial charge on any atom is 0.271 e. The van der Waals surface area contributed by atoms with Crippen LogP contribution in [-0.2, 0) is 6.54 Å². The molecule has 0 radical (unpaired) electrons. The number of nitrogens with zero attached hydrogens (tertiary/aromatic N) is 3. The number of carbonyl (C=O) groups excluding carboxylic acids is 1. The highest BCUT2D eigenvalue weighted by molar-refractivity contribution is 5.91. The zero-order valence-corrected chi connectivity index (χ0v) is 12.4. The van der Waals surface area contributed by atoms with E-state index in [0.717, 1.165) is 25.2 Å². The lowest BCUT2D eigenvalue weighted by Gasteiger charge is -2.17. The lowest BCUT2D eigenvalue weighted by atomic mass is 10.3. The molecule has 2 heterocycles. The second-order valence-corrected chi connectivity index (χ2v) is 4.80. The van der Waals surface area contributed by atoms with E-state index in [0.29, 0.717) is 18.0 Å². The molecule has 0 unspecified atom stereocenters. The molecule has 1 N–H and O–H groups in total. The molecule has 0 fully saturated rings. The molecule has 2 rings (SSSR count). The molecule has 0 aliphatic carbocycles. The van der Waals surface area contributed by atoms with Gasteiger partial charge in [-0.1, -0.05) is 13.3 Å². The number of rotatable bonds is 7. The van der Waals surface area contributed by atoms with E-state index in [1.807, 2.05) is 11.9 Å². The predicted molar refractivity (Wildman–Crippen MR) is 80.1 cm³/mol. The van der Waals surface area contributed by atoms with Crippen molar-refractivity contribution >= 4 is 11.7 Å². The number of hydrogen-bond donors (Lipinski definition) is 1. The third-order valence-corrected chi connectivity index (χ3v) is 3.11. The van der Waals surface area contributed by atoms with E-state index in [-0.39, 0.29) is 5.91 Å². The monoisotopic (exact) mass is 288 g/mol. The van der Waals surface area contributed by atoms with Crippen LogP contribution < -0.4 is 10.2 Å². The molecule has 1 amide bonds. The smallest absolute Gasteiger partial charge is 0.271 e. The molecule has 0 aliphatic rings. The molecule has 21 heavy (non-hydrogen) atoms. The summed E-state index contributed by atoms with van der Waals surface area (Å²) < 4.78 is 5.15. The number of nitrogens with one attached hydrogen (secondary N) is 1. The molecule has 0 saturated carbocycles. The van der Waals surface area contributed by atoms with Crippen molar-refractivity contribution in [1.29, 1.82) is 0 Å².